The van der Waals surface area contributed by atoms with Gasteiger partial charge in [0, 0.05) is 29.3 Å². The summed E-state index contributed by atoms with van der Waals surface area (Å²) in [5.74, 6) is 2.18. The highest BCUT2D eigenvalue weighted by atomic mass is 16.5. The average Bonchev–Trinajstić information content (AvgIpc) is 3.57. The van der Waals surface area contributed by atoms with Crippen molar-refractivity contribution in [1.29, 1.82) is 0 Å². The number of benzene rings is 3. The Kier molecular flexibility index (Phi) is 9.15. The van der Waals surface area contributed by atoms with Crippen LogP contribution < -0.4 is 15.4 Å². The Morgan fingerprint density at radius 3 is 2.22 bits per heavy atom. The fourth-order valence-electron chi connectivity index (χ4n) is 6.82. The van der Waals surface area contributed by atoms with Crippen LogP contribution in [0.4, 0.5) is 16.3 Å². The SMILES string of the molecule is Cc1ccc(-n2nc(C(C)(C)C)cc2NC(=O)Nc2ccc(CC3CC4CCC(C3)N4C(=O)CCOc3ccccc3)cc2)cc1. The maximum Gasteiger partial charge on any atom is 0.324 e. The molecule has 1 aromatic heterocycles. The van der Waals surface area contributed by atoms with Crippen LogP contribution in [0.15, 0.2) is 84.9 Å². The number of urea groups is 1. The standard InChI is InChI=1S/C38H45N5O3/c1-26-10-16-30(17-11-26)43-35(25-34(41-43)38(2,3)4)40-37(45)39-29-14-12-27(13-15-29)22-28-23-31-18-19-32(24-28)42(31)36(44)20-21-46-33-8-6-5-7-9-33/h5-17,25,28,31-32H,18-24H2,1-4H3,(H2,39,40,45). The molecule has 3 heterocycles. The van der Waals surface area contributed by atoms with Gasteiger partial charge in [0.1, 0.15) is 11.6 Å². The topological polar surface area (TPSA) is 88.5 Å². The molecule has 8 nitrogen and oxygen atoms in total. The number of hydrogen-bond donors (Lipinski definition) is 2. The molecule has 2 fully saturated rings. The summed E-state index contributed by atoms with van der Waals surface area (Å²) < 4.78 is 7.57. The molecule has 240 valence electrons. The zero-order valence-corrected chi connectivity index (χ0v) is 27.3. The highest BCUT2D eigenvalue weighted by Crippen LogP contribution is 2.40. The Morgan fingerprint density at radius 2 is 1.57 bits per heavy atom. The largest absolute Gasteiger partial charge is 0.493 e. The van der Waals surface area contributed by atoms with Crippen molar-refractivity contribution in [3.8, 4) is 11.4 Å². The lowest BCUT2D eigenvalue weighted by molar-refractivity contribution is -0.136. The van der Waals surface area contributed by atoms with Crippen molar-refractivity contribution in [2.24, 2.45) is 5.92 Å². The van der Waals surface area contributed by atoms with E-state index < -0.39 is 0 Å². The fraction of sp³-hybridized carbons (Fsp3) is 0.395. The Hall–Kier alpha value is -4.59. The first kappa shape index (κ1) is 31.4. The Bertz CT molecular complexity index is 1630. The van der Waals surface area contributed by atoms with Crippen LogP contribution in [0, 0.1) is 12.8 Å². The third-order valence-electron chi connectivity index (χ3n) is 9.18. The molecule has 2 aliphatic heterocycles. The number of anilines is 2. The number of carbonyl (C=O) groups excluding carboxylic acids is 2. The van der Waals surface area contributed by atoms with Gasteiger partial charge in [0.15, 0.2) is 0 Å². The van der Waals surface area contributed by atoms with Gasteiger partial charge in [0.25, 0.3) is 0 Å². The van der Waals surface area contributed by atoms with E-state index in [2.05, 4.69) is 48.4 Å². The Morgan fingerprint density at radius 1 is 0.891 bits per heavy atom. The Labute approximate surface area is 272 Å². The van der Waals surface area contributed by atoms with E-state index in [9.17, 15) is 9.59 Å². The van der Waals surface area contributed by atoms with Crippen molar-refractivity contribution in [3.05, 3.63) is 102 Å². The summed E-state index contributed by atoms with van der Waals surface area (Å²) in [6, 6.07) is 28.2. The molecule has 2 atom stereocenters. The number of aryl methyl sites for hydroxylation is 1. The minimum atomic E-state index is -0.316. The zero-order valence-electron chi connectivity index (χ0n) is 27.3. The summed E-state index contributed by atoms with van der Waals surface area (Å²) in [6.07, 6.45) is 5.64. The van der Waals surface area contributed by atoms with Gasteiger partial charge in [-0.05, 0) is 86.9 Å². The number of fused-ring (bicyclic) bond motifs is 2. The van der Waals surface area contributed by atoms with Crippen molar-refractivity contribution in [1.82, 2.24) is 14.7 Å². The number of nitrogens with zero attached hydrogens (tertiary/aromatic N) is 3. The van der Waals surface area contributed by atoms with Crippen molar-refractivity contribution < 1.29 is 14.3 Å². The number of rotatable bonds is 9. The molecule has 3 amide bonds. The number of para-hydroxylation sites is 1. The van der Waals surface area contributed by atoms with Crippen LogP contribution in [0.1, 0.15) is 69.7 Å². The predicted octanol–water partition coefficient (Wildman–Crippen LogP) is 7.90. The second-order valence-corrected chi connectivity index (χ2v) is 13.8. The molecule has 0 saturated carbocycles. The molecule has 0 radical (unpaired) electrons. The van der Waals surface area contributed by atoms with E-state index in [4.69, 9.17) is 9.84 Å². The van der Waals surface area contributed by atoms with E-state index in [0.717, 1.165) is 60.5 Å². The van der Waals surface area contributed by atoms with Crippen LogP contribution in [0.5, 0.6) is 5.75 Å². The van der Waals surface area contributed by atoms with E-state index >= 15 is 0 Å². The third-order valence-corrected chi connectivity index (χ3v) is 9.18. The van der Waals surface area contributed by atoms with Gasteiger partial charge < -0.3 is 15.0 Å². The minimum Gasteiger partial charge on any atom is -0.493 e. The van der Waals surface area contributed by atoms with Crippen LogP contribution in [-0.4, -0.2) is 45.3 Å². The smallest absolute Gasteiger partial charge is 0.324 e. The number of hydrogen-bond acceptors (Lipinski definition) is 4. The van der Waals surface area contributed by atoms with E-state index in [0.29, 0.717) is 36.8 Å². The first-order chi connectivity index (χ1) is 22.1. The number of nitrogens with one attached hydrogen (secondary N) is 2. The molecule has 0 spiro atoms. The van der Waals surface area contributed by atoms with Crippen LogP contribution in [0.2, 0.25) is 0 Å². The number of piperidine rings is 1. The number of ether oxygens (including phenoxy) is 1. The normalized spacial score (nSPS) is 19.1. The predicted molar refractivity (Wildman–Crippen MR) is 183 cm³/mol. The summed E-state index contributed by atoms with van der Waals surface area (Å²) >= 11 is 0. The molecule has 2 aliphatic rings. The first-order valence-electron chi connectivity index (χ1n) is 16.5. The molecule has 8 heteroatoms. The highest BCUT2D eigenvalue weighted by Gasteiger charge is 2.42. The van der Waals surface area contributed by atoms with Crippen molar-refractivity contribution in [2.45, 2.75) is 83.7 Å². The molecule has 6 rings (SSSR count). The minimum absolute atomic E-state index is 0.165. The van der Waals surface area contributed by atoms with Gasteiger partial charge in [-0.1, -0.05) is 68.8 Å². The molecule has 2 saturated heterocycles. The molecule has 2 unspecified atom stereocenters. The van der Waals surface area contributed by atoms with E-state index in [1.807, 2.05) is 79.7 Å². The first-order valence-corrected chi connectivity index (χ1v) is 16.5. The summed E-state index contributed by atoms with van der Waals surface area (Å²) in [5, 5.41) is 10.8. The Balaban J connectivity index is 1.02. The van der Waals surface area contributed by atoms with Crippen molar-refractivity contribution >= 4 is 23.4 Å². The summed E-state index contributed by atoms with van der Waals surface area (Å²) in [5.41, 5.74) is 4.77. The molecule has 2 N–H and O–H groups in total. The van der Waals surface area contributed by atoms with Crippen LogP contribution in [0.25, 0.3) is 5.69 Å². The third kappa shape index (κ3) is 7.44. The monoisotopic (exact) mass is 619 g/mol. The highest BCUT2D eigenvalue weighted by molar-refractivity contribution is 5.99. The number of aromatic nitrogens is 2. The molecule has 0 aliphatic carbocycles. The van der Waals surface area contributed by atoms with Gasteiger partial charge in [-0.25, -0.2) is 9.48 Å². The molecule has 46 heavy (non-hydrogen) atoms. The molecule has 3 aromatic carbocycles. The summed E-state index contributed by atoms with van der Waals surface area (Å²) in [6.45, 7) is 8.79. The van der Waals surface area contributed by atoms with Gasteiger partial charge >= 0.3 is 6.03 Å². The van der Waals surface area contributed by atoms with Gasteiger partial charge in [-0.2, -0.15) is 5.10 Å². The second-order valence-electron chi connectivity index (χ2n) is 13.8. The fourth-order valence-corrected chi connectivity index (χ4v) is 6.82. The van der Waals surface area contributed by atoms with Gasteiger partial charge in [-0.15, -0.1) is 0 Å². The lowest BCUT2D eigenvalue weighted by Crippen LogP contribution is -2.47. The lowest BCUT2D eigenvalue weighted by Gasteiger charge is -2.39. The number of amides is 3. The molecular formula is C38H45N5O3. The van der Waals surface area contributed by atoms with Crippen LogP contribution >= 0.6 is 0 Å². The lowest BCUT2D eigenvalue weighted by atomic mass is 9.85. The molecule has 4 aromatic rings. The van der Waals surface area contributed by atoms with Gasteiger partial charge in [0.2, 0.25) is 5.91 Å². The maximum atomic E-state index is 13.1. The van der Waals surface area contributed by atoms with Crippen molar-refractivity contribution in [3.63, 3.8) is 0 Å². The van der Waals surface area contributed by atoms with Crippen LogP contribution in [0.3, 0.4) is 0 Å². The average molecular weight is 620 g/mol. The van der Waals surface area contributed by atoms with E-state index in [1.165, 1.54) is 5.56 Å². The van der Waals surface area contributed by atoms with Gasteiger partial charge in [-0.3, -0.25) is 10.1 Å². The summed E-state index contributed by atoms with van der Waals surface area (Å²) in [4.78, 5) is 28.3. The quantitative estimate of drug-likeness (QED) is 0.199. The molecular weight excluding hydrogens is 574 g/mol. The second kappa shape index (κ2) is 13.4. The van der Waals surface area contributed by atoms with E-state index in [1.54, 1.807) is 4.68 Å². The summed E-state index contributed by atoms with van der Waals surface area (Å²) in [7, 11) is 0. The number of carbonyl (C=O) groups is 2. The zero-order chi connectivity index (χ0) is 32.3. The van der Waals surface area contributed by atoms with Crippen molar-refractivity contribution in [2.75, 3.05) is 17.2 Å². The van der Waals surface area contributed by atoms with Gasteiger partial charge in [0.05, 0.1) is 24.4 Å². The van der Waals surface area contributed by atoms with E-state index in [-0.39, 0.29) is 17.4 Å². The molecule has 2 bridgehead atoms. The van der Waals surface area contributed by atoms with Crippen LogP contribution in [-0.2, 0) is 16.6 Å². The maximum absolute atomic E-state index is 13.1.